The molecule has 0 saturated carbocycles. The van der Waals surface area contributed by atoms with E-state index in [-0.39, 0.29) is 6.10 Å². The summed E-state index contributed by atoms with van der Waals surface area (Å²) in [7, 11) is 0. The summed E-state index contributed by atoms with van der Waals surface area (Å²) in [4.78, 5) is 0. The first-order chi connectivity index (χ1) is 6.77. The van der Waals surface area contributed by atoms with E-state index in [0.29, 0.717) is 0 Å². The molecule has 3 heteroatoms. The minimum absolute atomic E-state index is 0.282. The molecule has 0 radical (unpaired) electrons. The zero-order valence-electron chi connectivity index (χ0n) is 8.94. The molecule has 80 valence electrons. The molecule has 1 atom stereocenters. The van der Waals surface area contributed by atoms with Gasteiger partial charge in [0.25, 0.3) is 0 Å². The zero-order valence-corrected chi connectivity index (χ0v) is 9.76. The van der Waals surface area contributed by atoms with E-state index in [2.05, 4.69) is 23.9 Å². The standard InChI is InChI=1S/C11H19NOS/c1-3-4-11(13)10-5-6-12(9-10)7-8-14-2/h5-6,9,11,13H,3-4,7-8H2,1-2H3. The van der Waals surface area contributed by atoms with Crippen molar-refractivity contribution in [2.24, 2.45) is 0 Å². The number of aryl methyl sites for hydroxylation is 1. The third-order valence-corrected chi connectivity index (χ3v) is 2.86. The minimum Gasteiger partial charge on any atom is -0.388 e. The largest absolute Gasteiger partial charge is 0.388 e. The van der Waals surface area contributed by atoms with Gasteiger partial charge in [-0.3, -0.25) is 0 Å². The highest BCUT2D eigenvalue weighted by molar-refractivity contribution is 7.98. The molecule has 0 aliphatic rings. The van der Waals surface area contributed by atoms with E-state index >= 15 is 0 Å². The van der Waals surface area contributed by atoms with E-state index in [1.165, 1.54) is 0 Å². The van der Waals surface area contributed by atoms with Gasteiger partial charge in [-0.1, -0.05) is 13.3 Å². The van der Waals surface area contributed by atoms with Gasteiger partial charge in [-0.15, -0.1) is 0 Å². The number of hydrogen-bond donors (Lipinski definition) is 1. The normalized spacial score (nSPS) is 13.1. The Morgan fingerprint density at radius 2 is 2.36 bits per heavy atom. The van der Waals surface area contributed by atoms with Crippen molar-refractivity contribution in [1.29, 1.82) is 0 Å². The van der Waals surface area contributed by atoms with Crippen LogP contribution in [0, 0.1) is 0 Å². The molecule has 2 nitrogen and oxygen atoms in total. The molecule has 14 heavy (non-hydrogen) atoms. The minimum atomic E-state index is -0.282. The van der Waals surface area contributed by atoms with Gasteiger partial charge in [-0.05, 0) is 24.3 Å². The van der Waals surface area contributed by atoms with Crippen molar-refractivity contribution in [2.45, 2.75) is 32.4 Å². The average molecular weight is 213 g/mol. The van der Waals surface area contributed by atoms with Crippen LogP contribution < -0.4 is 0 Å². The molecular weight excluding hydrogens is 194 g/mol. The lowest BCUT2D eigenvalue weighted by molar-refractivity contribution is 0.166. The molecule has 1 aromatic heterocycles. The second-order valence-electron chi connectivity index (χ2n) is 3.48. The van der Waals surface area contributed by atoms with Crippen molar-refractivity contribution < 1.29 is 5.11 Å². The van der Waals surface area contributed by atoms with Crippen LogP contribution in [0.25, 0.3) is 0 Å². The van der Waals surface area contributed by atoms with Gasteiger partial charge in [0.05, 0.1) is 6.10 Å². The maximum Gasteiger partial charge on any atom is 0.0804 e. The molecule has 1 heterocycles. The van der Waals surface area contributed by atoms with Crippen LogP contribution in [0.4, 0.5) is 0 Å². The van der Waals surface area contributed by atoms with E-state index < -0.39 is 0 Å². The lowest BCUT2D eigenvalue weighted by Crippen LogP contribution is -1.98. The van der Waals surface area contributed by atoms with Crippen molar-refractivity contribution in [3.63, 3.8) is 0 Å². The fourth-order valence-corrected chi connectivity index (χ4v) is 1.83. The first-order valence-electron chi connectivity index (χ1n) is 5.10. The highest BCUT2D eigenvalue weighted by Gasteiger charge is 2.07. The van der Waals surface area contributed by atoms with Gasteiger partial charge in [-0.25, -0.2) is 0 Å². The van der Waals surface area contributed by atoms with Crippen molar-refractivity contribution in [1.82, 2.24) is 4.57 Å². The Morgan fingerprint density at radius 3 is 3.00 bits per heavy atom. The van der Waals surface area contributed by atoms with E-state index in [9.17, 15) is 5.11 Å². The fourth-order valence-electron chi connectivity index (χ4n) is 1.43. The molecule has 0 saturated heterocycles. The van der Waals surface area contributed by atoms with Gasteiger partial charge in [-0.2, -0.15) is 11.8 Å². The van der Waals surface area contributed by atoms with E-state index in [1.54, 1.807) is 0 Å². The number of aliphatic hydroxyl groups is 1. The van der Waals surface area contributed by atoms with Crippen molar-refractivity contribution in [3.8, 4) is 0 Å². The third-order valence-electron chi connectivity index (χ3n) is 2.27. The lowest BCUT2D eigenvalue weighted by atomic mass is 10.1. The van der Waals surface area contributed by atoms with E-state index in [4.69, 9.17) is 0 Å². The molecule has 0 aromatic carbocycles. The molecule has 0 fully saturated rings. The Hall–Kier alpha value is -0.410. The predicted octanol–water partition coefficient (Wildman–Crippen LogP) is 2.68. The van der Waals surface area contributed by atoms with Crippen LogP contribution in [0.2, 0.25) is 0 Å². The Morgan fingerprint density at radius 1 is 1.57 bits per heavy atom. The summed E-state index contributed by atoms with van der Waals surface area (Å²) in [6.07, 6.45) is 7.80. The van der Waals surface area contributed by atoms with Crippen molar-refractivity contribution in [2.75, 3.05) is 12.0 Å². The summed E-state index contributed by atoms with van der Waals surface area (Å²) in [6.45, 7) is 3.12. The monoisotopic (exact) mass is 213 g/mol. The topological polar surface area (TPSA) is 25.2 Å². The van der Waals surface area contributed by atoms with Gasteiger partial charge in [0.15, 0.2) is 0 Å². The molecule has 0 amide bonds. The number of aliphatic hydroxyl groups excluding tert-OH is 1. The second-order valence-corrected chi connectivity index (χ2v) is 4.47. The van der Waals surface area contributed by atoms with Crippen LogP contribution >= 0.6 is 11.8 Å². The molecule has 1 N–H and O–H groups in total. The summed E-state index contributed by atoms with van der Waals surface area (Å²) >= 11 is 1.84. The summed E-state index contributed by atoms with van der Waals surface area (Å²) in [5.41, 5.74) is 1.05. The molecule has 0 bridgehead atoms. The molecular formula is C11H19NOS. The van der Waals surface area contributed by atoms with Crippen LogP contribution in [0.1, 0.15) is 31.4 Å². The van der Waals surface area contributed by atoms with Crippen LogP contribution in [0.15, 0.2) is 18.5 Å². The van der Waals surface area contributed by atoms with Gasteiger partial charge in [0.1, 0.15) is 0 Å². The third kappa shape index (κ3) is 3.39. The summed E-state index contributed by atoms with van der Waals surface area (Å²) in [6, 6.07) is 2.01. The fraction of sp³-hybridized carbons (Fsp3) is 0.636. The van der Waals surface area contributed by atoms with Crippen molar-refractivity contribution >= 4 is 11.8 Å². The number of hydrogen-bond acceptors (Lipinski definition) is 2. The first-order valence-corrected chi connectivity index (χ1v) is 6.50. The molecule has 0 aliphatic heterocycles. The average Bonchev–Trinajstić information content (AvgIpc) is 2.63. The maximum atomic E-state index is 9.74. The number of nitrogens with zero attached hydrogens (tertiary/aromatic N) is 1. The van der Waals surface area contributed by atoms with Gasteiger partial charge in [0, 0.05) is 24.7 Å². The molecule has 1 unspecified atom stereocenters. The summed E-state index contributed by atoms with van der Waals surface area (Å²) in [5.74, 6) is 1.12. The smallest absolute Gasteiger partial charge is 0.0804 e. The number of aromatic nitrogens is 1. The van der Waals surface area contributed by atoms with Gasteiger partial charge >= 0.3 is 0 Å². The van der Waals surface area contributed by atoms with E-state index in [1.807, 2.05) is 24.0 Å². The first kappa shape index (κ1) is 11.7. The Balaban J connectivity index is 2.49. The SMILES string of the molecule is CCCC(O)c1ccn(CCSC)c1. The quantitative estimate of drug-likeness (QED) is 0.786. The molecule has 1 rings (SSSR count). The molecule has 0 aliphatic carbocycles. The van der Waals surface area contributed by atoms with Gasteiger partial charge in [0.2, 0.25) is 0 Å². The van der Waals surface area contributed by atoms with Crippen LogP contribution in [0.5, 0.6) is 0 Å². The van der Waals surface area contributed by atoms with E-state index in [0.717, 1.165) is 30.7 Å². The highest BCUT2D eigenvalue weighted by Crippen LogP contribution is 2.18. The van der Waals surface area contributed by atoms with Crippen LogP contribution in [-0.2, 0) is 6.54 Å². The predicted molar refractivity (Wildman–Crippen MR) is 62.7 cm³/mol. The van der Waals surface area contributed by atoms with Crippen LogP contribution in [0.3, 0.4) is 0 Å². The van der Waals surface area contributed by atoms with Crippen molar-refractivity contribution in [3.05, 3.63) is 24.0 Å². The molecule has 1 aromatic rings. The number of rotatable bonds is 6. The summed E-state index contributed by atoms with van der Waals surface area (Å²) in [5, 5.41) is 9.74. The van der Waals surface area contributed by atoms with Crippen LogP contribution in [-0.4, -0.2) is 21.7 Å². The Bertz CT molecular complexity index is 260. The highest BCUT2D eigenvalue weighted by atomic mass is 32.2. The number of thioether (sulfide) groups is 1. The maximum absolute atomic E-state index is 9.74. The second kappa shape index (κ2) is 6.14. The Kier molecular flexibility index (Phi) is 5.12. The molecule has 0 spiro atoms. The lowest BCUT2D eigenvalue weighted by Gasteiger charge is -2.06. The zero-order chi connectivity index (χ0) is 10.4. The van der Waals surface area contributed by atoms with Gasteiger partial charge < -0.3 is 9.67 Å². The summed E-state index contributed by atoms with van der Waals surface area (Å²) < 4.78 is 2.14. The Labute approximate surface area is 90.3 Å².